The SMILES string of the molecule is CC1CN(C(=O)COc2cccc3c(N)cccc23)C(C)CN1Cc1ccc(F)cc1. The fourth-order valence-corrected chi connectivity index (χ4v) is 4.24. The minimum atomic E-state index is -0.227. The average Bonchev–Trinajstić information content (AvgIpc) is 2.76. The van der Waals surface area contributed by atoms with Crippen molar-refractivity contribution in [2.45, 2.75) is 32.5 Å². The van der Waals surface area contributed by atoms with E-state index in [0.29, 0.717) is 18.0 Å². The molecule has 3 aromatic carbocycles. The Kier molecular flexibility index (Phi) is 6.09. The molecule has 0 aromatic heterocycles. The highest BCUT2D eigenvalue weighted by atomic mass is 19.1. The molecule has 1 fully saturated rings. The van der Waals surface area contributed by atoms with Gasteiger partial charge in [-0.2, -0.15) is 0 Å². The van der Waals surface area contributed by atoms with Crippen molar-refractivity contribution in [1.82, 2.24) is 9.80 Å². The van der Waals surface area contributed by atoms with Crippen molar-refractivity contribution >= 4 is 22.4 Å². The standard InChI is InChI=1S/C25H28FN3O2/c1-17-14-29(18(2)13-28(17)15-19-9-11-20(26)12-10-19)25(30)16-31-24-8-4-5-21-22(24)6-3-7-23(21)27/h3-12,17-18H,13-16,27H2,1-2H3. The molecule has 2 N–H and O–H groups in total. The lowest BCUT2D eigenvalue weighted by Gasteiger charge is -2.44. The van der Waals surface area contributed by atoms with E-state index in [2.05, 4.69) is 18.7 Å². The Labute approximate surface area is 182 Å². The van der Waals surface area contributed by atoms with E-state index in [1.807, 2.05) is 53.4 Å². The van der Waals surface area contributed by atoms with Crippen LogP contribution in [0.5, 0.6) is 5.75 Å². The molecule has 4 rings (SSSR count). The smallest absolute Gasteiger partial charge is 0.260 e. The topological polar surface area (TPSA) is 58.8 Å². The molecule has 2 unspecified atom stereocenters. The van der Waals surface area contributed by atoms with Crippen LogP contribution >= 0.6 is 0 Å². The number of amides is 1. The van der Waals surface area contributed by atoms with Gasteiger partial charge in [0.05, 0.1) is 0 Å². The fourth-order valence-electron chi connectivity index (χ4n) is 4.24. The van der Waals surface area contributed by atoms with Crippen LogP contribution in [0.2, 0.25) is 0 Å². The lowest BCUT2D eigenvalue weighted by atomic mass is 10.1. The van der Waals surface area contributed by atoms with Gasteiger partial charge in [-0.05, 0) is 43.7 Å². The fraction of sp³-hybridized carbons (Fsp3) is 0.320. The molecule has 0 saturated carbocycles. The monoisotopic (exact) mass is 421 g/mol. The highest BCUT2D eigenvalue weighted by Gasteiger charge is 2.32. The van der Waals surface area contributed by atoms with E-state index < -0.39 is 0 Å². The van der Waals surface area contributed by atoms with E-state index in [4.69, 9.17) is 10.5 Å². The molecule has 0 aliphatic carbocycles. The zero-order valence-electron chi connectivity index (χ0n) is 17.9. The van der Waals surface area contributed by atoms with Crippen molar-refractivity contribution in [1.29, 1.82) is 0 Å². The van der Waals surface area contributed by atoms with Gasteiger partial charge in [-0.25, -0.2) is 4.39 Å². The van der Waals surface area contributed by atoms with Crippen LogP contribution in [0, 0.1) is 5.82 Å². The Bertz CT molecular complexity index is 1070. The van der Waals surface area contributed by atoms with Gasteiger partial charge in [0.2, 0.25) is 0 Å². The largest absolute Gasteiger partial charge is 0.483 e. The zero-order chi connectivity index (χ0) is 22.0. The molecule has 6 heteroatoms. The van der Waals surface area contributed by atoms with E-state index in [1.54, 1.807) is 0 Å². The van der Waals surface area contributed by atoms with E-state index in [1.165, 1.54) is 12.1 Å². The van der Waals surface area contributed by atoms with Crippen LogP contribution in [-0.4, -0.2) is 47.5 Å². The number of hydrogen-bond acceptors (Lipinski definition) is 4. The van der Waals surface area contributed by atoms with Crippen LogP contribution < -0.4 is 10.5 Å². The second kappa shape index (κ2) is 8.94. The van der Waals surface area contributed by atoms with Gasteiger partial charge < -0.3 is 15.4 Å². The van der Waals surface area contributed by atoms with Crippen molar-refractivity contribution in [3.63, 3.8) is 0 Å². The summed E-state index contributed by atoms with van der Waals surface area (Å²) in [6.07, 6.45) is 0. The third-order valence-electron chi connectivity index (χ3n) is 6.00. The first-order chi connectivity index (χ1) is 14.9. The predicted molar refractivity (Wildman–Crippen MR) is 121 cm³/mol. The van der Waals surface area contributed by atoms with E-state index in [0.717, 1.165) is 29.4 Å². The van der Waals surface area contributed by atoms with Crippen molar-refractivity contribution in [2.24, 2.45) is 0 Å². The van der Waals surface area contributed by atoms with Crippen molar-refractivity contribution in [3.8, 4) is 5.75 Å². The van der Waals surface area contributed by atoms with Gasteiger partial charge in [-0.1, -0.05) is 36.4 Å². The van der Waals surface area contributed by atoms with Gasteiger partial charge in [0.1, 0.15) is 11.6 Å². The first kappa shape index (κ1) is 21.1. The second-order valence-corrected chi connectivity index (χ2v) is 8.29. The molecule has 162 valence electrons. The van der Waals surface area contributed by atoms with E-state index >= 15 is 0 Å². The molecule has 1 heterocycles. The van der Waals surface area contributed by atoms with Gasteiger partial charge in [0.15, 0.2) is 6.61 Å². The Hall–Kier alpha value is -3.12. The Morgan fingerprint density at radius 2 is 1.71 bits per heavy atom. The molecule has 2 atom stereocenters. The summed E-state index contributed by atoms with van der Waals surface area (Å²) >= 11 is 0. The molecule has 0 radical (unpaired) electrons. The molecule has 1 aliphatic rings. The maximum atomic E-state index is 13.2. The minimum Gasteiger partial charge on any atom is -0.483 e. The van der Waals surface area contributed by atoms with Crippen LogP contribution in [0.3, 0.4) is 0 Å². The number of anilines is 1. The second-order valence-electron chi connectivity index (χ2n) is 8.29. The summed E-state index contributed by atoms with van der Waals surface area (Å²) in [4.78, 5) is 17.2. The summed E-state index contributed by atoms with van der Waals surface area (Å²) in [5, 5.41) is 1.82. The Balaban J connectivity index is 1.39. The Morgan fingerprint density at radius 1 is 1.00 bits per heavy atom. The van der Waals surface area contributed by atoms with Crippen LogP contribution in [0.25, 0.3) is 10.8 Å². The molecule has 3 aromatic rings. The summed E-state index contributed by atoms with van der Waals surface area (Å²) in [7, 11) is 0. The molecular formula is C25H28FN3O2. The molecular weight excluding hydrogens is 393 g/mol. The number of carbonyl (C=O) groups excluding carboxylic acids is 1. The number of carbonyl (C=O) groups is 1. The summed E-state index contributed by atoms with van der Waals surface area (Å²) < 4.78 is 19.1. The van der Waals surface area contributed by atoms with Crippen LogP contribution in [0.4, 0.5) is 10.1 Å². The third-order valence-corrected chi connectivity index (χ3v) is 6.00. The quantitative estimate of drug-likeness (QED) is 0.631. The van der Waals surface area contributed by atoms with E-state index in [-0.39, 0.29) is 30.4 Å². The molecule has 1 amide bonds. The van der Waals surface area contributed by atoms with Crippen LogP contribution in [0.15, 0.2) is 60.7 Å². The van der Waals surface area contributed by atoms with Gasteiger partial charge >= 0.3 is 0 Å². The first-order valence-electron chi connectivity index (χ1n) is 10.6. The van der Waals surface area contributed by atoms with Crippen molar-refractivity contribution < 1.29 is 13.9 Å². The molecule has 0 spiro atoms. The third kappa shape index (κ3) is 4.64. The molecule has 5 nitrogen and oxygen atoms in total. The van der Waals surface area contributed by atoms with Gasteiger partial charge in [0, 0.05) is 48.2 Å². The van der Waals surface area contributed by atoms with Crippen LogP contribution in [-0.2, 0) is 11.3 Å². The van der Waals surface area contributed by atoms with Crippen molar-refractivity contribution in [3.05, 3.63) is 72.0 Å². The number of halogens is 1. The van der Waals surface area contributed by atoms with E-state index in [9.17, 15) is 9.18 Å². The number of nitrogen functional groups attached to an aromatic ring is 1. The number of nitrogens with zero attached hydrogens (tertiary/aromatic N) is 2. The average molecular weight is 422 g/mol. The summed E-state index contributed by atoms with van der Waals surface area (Å²) in [6.45, 7) is 6.29. The lowest BCUT2D eigenvalue weighted by Crippen LogP contribution is -2.58. The Morgan fingerprint density at radius 3 is 2.48 bits per heavy atom. The number of fused-ring (bicyclic) bond motifs is 1. The lowest BCUT2D eigenvalue weighted by molar-refractivity contribution is -0.139. The molecule has 1 saturated heterocycles. The molecule has 1 aliphatic heterocycles. The highest BCUT2D eigenvalue weighted by Crippen LogP contribution is 2.29. The number of piperazine rings is 1. The maximum Gasteiger partial charge on any atom is 0.260 e. The normalized spacial score (nSPS) is 19.5. The number of hydrogen-bond donors (Lipinski definition) is 1. The minimum absolute atomic E-state index is 0.0110. The number of rotatable bonds is 5. The number of benzene rings is 3. The van der Waals surface area contributed by atoms with Gasteiger partial charge in [0.25, 0.3) is 5.91 Å². The first-order valence-corrected chi connectivity index (χ1v) is 10.6. The number of nitrogens with two attached hydrogens (primary N) is 1. The zero-order valence-corrected chi connectivity index (χ0v) is 17.9. The predicted octanol–water partition coefficient (Wildman–Crippen LogP) is 4.06. The van der Waals surface area contributed by atoms with Gasteiger partial charge in [-0.3, -0.25) is 9.69 Å². The highest BCUT2D eigenvalue weighted by molar-refractivity contribution is 5.96. The summed E-state index contributed by atoms with van der Waals surface area (Å²) in [5.41, 5.74) is 7.81. The molecule has 31 heavy (non-hydrogen) atoms. The summed E-state index contributed by atoms with van der Waals surface area (Å²) in [5.74, 6) is 0.407. The summed E-state index contributed by atoms with van der Waals surface area (Å²) in [6, 6.07) is 18.3. The molecule has 0 bridgehead atoms. The van der Waals surface area contributed by atoms with Crippen molar-refractivity contribution in [2.75, 3.05) is 25.4 Å². The number of ether oxygens (including phenoxy) is 1. The van der Waals surface area contributed by atoms with Crippen LogP contribution in [0.1, 0.15) is 19.4 Å². The maximum absolute atomic E-state index is 13.2. The van der Waals surface area contributed by atoms with Gasteiger partial charge in [-0.15, -0.1) is 0 Å².